The molecule has 1 N–H and O–H groups in total. The molecule has 3 heteroatoms. The molecule has 1 heterocycles. The minimum Gasteiger partial charge on any atom is -0.506 e. The Labute approximate surface area is 184 Å². The minimum atomic E-state index is -0.115. The summed E-state index contributed by atoms with van der Waals surface area (Å²) in [4.78, 5) is 0. The van der Waals surface area contributed by atoms with E-state index in [2.05, 4.69) is 40.7 Å². The molecule has 0 aromatic rings. The van der Waals surface area contributed by atoms with Gasteiger partial charge < -0.3 is 15.3 Å². The van der Waals surface area contributed by atoms with Crippen LogP contribution in [0.2, 0.25) is 0 Å². The first kappa shape index (κ1) is 21.2. The number of aliphatic hydroxyl groups is 1. The topological polar surface area (TPSA) is 45.5 Å². The summed E-state index contributed by atoms with van der Waals surface area (Å²) in [5, 5.41) is 10.3. The van der Waals surface area contributed by atoms with Crippen LogP contribution in [0.4, 0.5) is 0 Å². The minimum absolute atomic E-state index is 0.0907. The van der Waals surface area contributed by atoms with E-state index < -0.39 is 0 Å². The first-order valence-corrected chi connectivity index (χ1v) is 12.9. The van der Waals surface area contributed by atoms with E-state index in [4.69, 9.17) is 0 Å². The second-order valence-corrected chi connectivity index (χ2v) is 13.2. The fourth-order valence-corrected chi connectivity index (χ4v) is 9.77. The summed E-state index contributed by atoms with van der Waals surface area (Å²) in [5.41, 5.74) is 13.4. The predicted octanol–water partition coefficient (Wildman–Crippen LogP) is 6.68. The number of nitrogens with zero attached hydrogens (tertiary/aromatic N) is 2. The highest BCUT2D eigenvalue weighted by atomic mass is 16.3. The molecule has 0 aromatic heterocycles. The Balaban J connectivity index is 1.46. The number of allylic oxidation sites excluding steroid dienone is 1. The van der Waals surface area contributed by atoms with Gasteiger partial charge in [0.25, 0.3) is 0 Å². The van der Waals surface area contributed by atoms with Crippen LogP contribution < -0.4 is 0 Å². The maximum absolute atomic E-state index is 11.4. The highest BCUT2D eigenvalue weighted by molar-refractivity contribution is 5.25. The summed E-state index contributed by atoms with van der Waals surface area (Å²) in [6.07, 6.45) is 15.5. The van der Waals surface area contributed by atoms with Gasteiger partial charge in [-0.2, -0.15) is 0 Å². The van der Waals surface area contributed by atoms with Gasteiger partial charge in [0.2, 0.25) is 0 Å². The molecule has 0 spiro atoms. The Morgan fingerprint density at radius 1 is 0.933 bits per heavy atom. The molecule has 168 valence electrons. The maximum Gasteiger partial charge on any atom is 0.151 e. The van der Waals surface area contributed by atoms with E-state index in [0.717, 1.165) is 43.4 Å². The van der Waals surface area contributed by atoms with Crippen molar-refractivity contribution in [1.29, 1.82) is 0 Å². The summed E-state index contributed by atoms with van der Waals surface area (Å²) in [7, 11) is 0. The van der Waals surface area contributed by atoms with Crippen LogP contribution in [0.5, 0.6) is 0 Å². The number of aliphatic hydroxyl groups excluding tert-OH is 1. The molecule has 30 heavy (non-hydrogen) atoms. The van der Waals surface area contributed by atoms with Crippen molar-refractivity contribution in [2.75, 3.05) is 0 Å². The van der Waals surface area contributed by atoms with Crippen molar-refractivity contribution in [3.05, 3.63) is 17.2 Å². The Hall–Kier alpha value is -0.700. The first-order chi connectivity index (χ1) is 14.0. The Kier molecular flexibility index (Phi) is 4.69. The molecule has 4 fully saturated rings. The van der Waals surface area contributed by atoms with Gasteiger partial charge in [0.15, 0.2) is 5.54 Å². The van der Waals surface area contributed by atoms with Crippen molar-refractivity contribution in [3.8, 4) is 0 Å². The molecule has 0 amide bonds. The molecule has 5 rings (SSSR count). The lowest BCUT2D eigenvalue weighted by atomic mass is 9.46. The molecule has 0 unspecified atom stereocenters. The summed E-state index contributed by atoms with van der Waals surface area (Å²) in [6.45, 7) is 11.9. The maximum atomic E-state index is 11.4. The Bertz CT molecular complexity index is 771. The van der Waals surface area contributed by atoms with Crippen LogP contribution in [0.1, 0.15) is 105 Å². The number of fused-ring (bicyclic) bond motifs is 5. The van der Waals surface area contributed by atoms with Crippen LogP contribution in [-0.4, -0.2) is 27.0 Å². The lowest BCUT2D eigenvalue weighted by molar-refractivity contribution is -0.706. The molecule has 5 aliphatic rings. The fraction of sp³-hybridized carbons (Fsp3) is 0.926. The molecule has 4 aliphatic carbocycles. The van der Waals surface area contributed by atoms with Crippen LogP contribution in [0.25, 0.3) is 5.53 Å². The molecular weight excluding hydrogens is 368 g/mol. The second kappa shape index (κ2) is 6.65. The van der Waals surface area contributed by atoms with Crippen LogP contribution in [0.3, 0.4) is 0 Å². The average Bonchev–Trinajstić information content (AvgIpc) is 3.04. The Morgan fingerprint density at radius 3 is 2.47 bits per heavy atom. The summed E-state index contributed by atoms with van der Waals surface area (Å²) >= 11 is 0. The summed E-state index contributed by atoms with van der Waals surface area (Å²) in [5.74, 6) is 2.97. The third-order valence-electron chi connectivity index (χ3n) is 11.4. The van der Waals surface area contributed by atoms with Crippen LogP contribution >= 0.6 is 0 Å². The average molecular weight is 413 g/mol. The highest BCUT2D eigenvalue weighted by Gasteiger charge is 2.64. The summed E-state index contributed by atoms with van der Waals surface area (Å²) in [6, 6.07) is 0. The Morgan fingerprint density at radius 2 is 1.70 bits per heavy atom. The molecular formula is C27H44N2O. The standard InChI is InChI=1S/C27H44N2O/c1-24(2)13-6-14-27(5,29(24)28)23-10-9-21-20-8-7-18-17-19(30)11-15-25(18,3)22(20)12-16-26(21,23)4/h7,19-23,30H,6,8-17H2,1-5H3/t19-,20-,21-,22-,23-,25-,26-,27+/m0/s1. The molecule has 0 bridgehead atoms. The van der Waals surface area contributed by atoms with E-state index >= 15 is 0 Å². The molecule has 8 atom stereocenters. The van der Waals surface area contributed by atoms with Gasteiger partial charge in [0, 0.05) is 18.8 Å². The van der Waals surface area contributed by atoms with Gasteiger partial charge in [0.1, 0.15) is 5.54 Å². The third-order valence-corrected chi connectivity index (χ3v) is 11.4. The molecule has 0 aromatic carbocycles. The smallest absolute Gasteiger partial charge is 0.151 e. The molecule has 1 aliphatic heterocycles. The molecule has 3 nitrogen and oxygen atoms in total. The van der Waals surface area contributed by atoms with Crippen LogP contribution in [0.15, 0.2) is 11.6 Å². The number of hydrogen-bond acceptors (Lipinski definition) is 1. The number of piperidine rings is 1. The van der Waals surface area contributed by atoms with Gasteiger partial charge in [0.05, 0.1) is 6.10 Å². The van der Waals surface area contributed by atoms with Gasteiger partial charge in [-0.05, 0) is 107 Å². The van der Waals surface area contributed by atoms with Gasteiger partial charge in [-0.1, -0.05) is 25.5 Å². The zero-order valence-corrected chi connectivity index (χ0v) is 20.1. The highest BCUT2D eigenvalue weighted by Crippen LogP contribution is 2.68. The number of hydrogen-bond donors (Lipinski definition) is 1. The largest absolute Gasteiger partial charge is 0.506 e. The molecule has 1 saturated heterocycles. The van der Waals surface area contributed by atoms with Gasteiger partial charge in [-0.15, -0.1) is 0 Å². The van der Waals surface area contributed by atoms with Crippen molar-refractivity contribution in [3.63, 3.8) is 0 Å². The predicted molar refractivity (Wildman–Crippen MR) is 121 cm³/mol. The van der Waals surface area contributed by atoms with E-state index in [-0.39, 0.29) is 17.2 Å². The van der Waals surface area contributed by atoms with Crippen LogP contribution in [0, 0.1) is 34.5 Å². The third kappa shape index (κ3) is 2.72. The van der Waals surface area contributed by atoms with Crippen molar-refractivity contribution in [2.45, 2.75) is 122 Å². The normalized spacial score (nSPS) is 52.8. The molecule has 3 saturated carbocycles. The van der Waals surface area contributed by atoms with E-state index in [0.29, 0.717) is 16.7 Å². The first-order valence-electron chi connectivity index (χ1n) is 12.9. The monoisotopic (exact) mass is 412 g/mol. The number of rotatable bonds is 1. The van der Waals surface area contributed by atoms with Crippen molar-refractivity contribution >= 4 is 0 Å². The lowest BCUT2D eigenvalue weighted by Crippen LogP contribution is -2.60. The van der Waals surface area contributed by atoms with E-state index in [1.165, 1.54) is 44.9 Å². The van der Waals surface area contributed by atoms with Gasteiger partial charge >= 0.3 is 0 Å². The second-order valence-electron chi connectivity index (χ2n) is 13.2. The van der Waals surface area contributed by atoms with Crippen LogP contribution in [-0.2, 0) is 0 Å². The van der Waals surface area contributed by atoms with Crippen molar-refractivity contribution in [1.82, 2.24) is 0 Å². The summed E-state index contributed by atoms with van der Waals surface area (Å²) < 4.78 is 1.80. The lowest BCUT2D eigenvalue weighted by Gasteiger charge is -2.59. The SMILES string of the molecule is CC1(C)CCC[C@](C)([C@H]2CC[C@H]3[C@@H]4CC=C5C[C@@H](O)CC[C@]5(C)[C@H]4CC[C@@]32C)[N+]1=[N-]. The van der Waals surface area contributed by atoms with E-state index in [9.17, 15) is 10.6 Å². The fourth-order valence-electron chi connectivity index (χ4n) is 9.77. The van der Waals surface area contributed by atoms with Crippen molar-refractivity contribution < 1.29 is 9.80 Å². The zero-order valence-electron chi connectivity index (χ0n) is 20.1. The van der Waals surface area contributed by atoms with Gasteiger partial charge in [-0.25, -0.2) is 0 Å². The zero-order chi connectivity index (χ0) is 21.5. The van der Waals surface area contributed by atoms with E-state index in [1.807, 2.05) is 0 Å². The van der Waals surface area contributed by atoms with Crippen molar-refractivity contribution in [2.24, 2.45) is 34.5 Å². The quantitative estimate of drug-likeness (QED) is 0.379. The van der Waals surface area contributed by atoms with Gasteiger partial charge in [-0.3, -0.25) is 0 Å². The molecule has 0 radical (unpaired) electrons. The van der Waals surface area contributed by atoms with E-state index in [1.54, 1.807) is 10.3 Å².